The molecule has 1 aliphatic rings. The summed E-state index contributed by atoms with van der Waals surface area (Å²) in [4.78, 5) is 0. The SMILES string of the molecule is C=CCC1(c2ccc(OC)cc2)c2ccccc2CCC1C. The van der Waals surface area contributed by atoms with Crippen molar-refractivity contribution in [3.63, 3.8) is 0 Å². The summed E-state index contributed by atoms with van der Waals surface area (Å²) >= 11 is 0. The fourth-order valence-corrected chi connectivity index (χ4v) is 4.04. The Labute approximate surface area is 133 Å². The summed E-state index contributed by atoms with van der Waals surface area (Å²) in [6.07, 6.45) is 5.43. The van der Waals surface area contributed by atoms with Gasteiger partial charge in [0.2, 0.25) is 0 Å². The maximum atomic E-state index is 5.33. The van der Waals surface area contributed by atoms with Crippen molar-refractivity contribution in [2.75, 3.05) is 7.11 Å². The molecule has 2 aromatic carbocycles. The number of ether oxygens (including phenoxy) is 1. The van der Waals surface area contributed by atoms with Gasteiger partial charge in [-0.1, -0.05) is 49.4 Å². The molecule has 114 valence electrons. The zero-order valence-corrected chi connectivity index (χ0v) is 13.5. The molecular weight excluding hydrogens is 268 g/mol. The monoisotopic (exact) mass is 292 g/mol. The first-order valence-electron chi connectivity index (χ1n) is 8.06. The van der Waals surface area contributed by atoms with Crippen molar-refractivity contribution in [3.05, 3.63) is 77.9 Å². The van der Waals surface area contributed by atoms with E-state index in [2.05, 4.69) is 68.1 Å². The van der Waals surface area contributed by atoms with Crippen molar-refractivity contribution in [2.45, 2.75) is 31.6 Å². The third-order valence-electron chi connectivity index (χ3n) is 5.26. The molecule has 0 N–H and O–H groups in total. The molecule has 0 saturated heterocycles. The molecule has 0 saturated carbocycles. The molecule has 0 aliphatic heterocycles. The number of allylic oxidation sites excluding steroid dienone is 1. The predicted octanol–water partition coefficient (Wildman–Crippen LogP) is 5.14. The number of hydrogen-bond acceptors (Lipinski definition) is 1. The first kappa shape index (κ1) is 14.9. The third kappa shape index (κ3) is 2.25. The zero-order valence-electron chi connectivity index (χ0n) is 13.5. The minimum absolute atomic E-state index is 0.0306. The normalized spacial score (nSPS) is 23.6. The van der Waals surface area contributed by atoms with Crippen molar-refractivity contribution < 1.29 is 4.74 Å². The Bertz CT molecular complexity index is 656. The Morgan fingerprint density at radius 3 is 2.59 bits per heavy atom. The van der Waals surface area contributed by atoms with Crippen molar-refractivity contribution in [2.24, 2.45) is 5.92 Å². The van der Waals surface area contributed by atoms with Gasteiger partial charge in [-0.15, -0.1) is 6.58 Å². The smallest absolute Gasteiger partial charge is 0.118 e. The first-order chi connectivity index (χ1) is 10.7. The maximum Gasteiger partial charge on any atom is 0.118 e. The number of hydrogen-bond donors (Lipinski definition) is 0. The van der Waals surface area contributed by atoms with E-state index in [1.807, 2.05) is 0 Å². The van der Waals surface area contributed by atoms with Crippen LogP contribution in [0.2, 0.25) is 0 Å². The van der Waals surface area contributed by atoms with Crippen LogP contribution >= 0.6 is 0 Å². The number of aryl methyl sites for hydroxylation is 1. The van der Waals surface area contributed by atoms with Crippen LogP contribution in [0, 0.1) is 5.92 Å². The minimum atomic E-state index is 0.0306. The fourth-order valence-electron chi connectivity index (χ4n) is 4.04. The molecule has 2 aromatic rings. The van der Waals surface area contributed by atoms with Crippen LogP contribution in [-0.2, 0) is 11.8 Å². The Morgan fingerprint density at radius 2 is 1.91 bits per heavy atom. The van der Waals surface area contributed by atoms with E-state index in [4.69, 9.17) is 4.74 Å². The Balaban J connectivity index is 2.20. The fraction of sp³-hybridized carbons (Fsp3) is 0.333. The van der Waals surface area contributed by atoms with Crippen molar-refractivity contribution >= 4 is 0 Å². The van der Waals surface area contributed by atoms with E-state index in [-0.39, 0.29) is 5.41 Å². The highest BCUT2D eigenvalue weighted by Gasteiger charge is 2.42. The van der Waals surface area contributed by atoms with E-state index in [0.29, 0.717) is 5.92 Å². The molecule has 1 heteroatoms. The average molecular weight is 292 g/mol. The summed E-state index contributed by atoms with van der Waals surface area (Å²) in [7, 11) is 1.72. The summed E-state index contributed by atoms with van der Waals surface area (Å²) in [5.74, 6) is 1.50. The Hall–Kier alpha value is -2.02. The summed E-state index contributed by atoms with van der Waals surface area (Å²) in [6.45, 7) is 6.42. The quantitative estimate of drug-likeness (QED) is 0.709. The summed E-state index contributed by atoms with van der Waals surface area (Å²) in [6, 6.07) is 17.5. The first-order valence-corrected chi connectivity index (χ1v) is 8.06. The molecular formula is C21H24O. The third-order valence-corrected chi connectivity index (χ3v) is 5.26. The predicted molar refractivity (Wildman–Crippen MR) is 92.5 cm³/mol. The van der Waals surface area contributed by atoms with Gasteiger partial charge in [0.15, 0.2) is 0 Å². The highest BCUT2D eigenvalue weighted by molar-refractivity contribution is 5.48. The Kier molecular flexibility index (Phi) is 4.06. The average Bonchev–Trinajstić information content (AvgIpc) is 2.58. The van der Waals surface area contributed by atoms with Crippen molar-refractivity contribution in [1.29, 1.82) is 0 Å². The molecule has 1 aliphatic carbocycles. The summed E-state index contributed by atoms with van der Waals surface area (Å²) in [5, 5.41) is 0. The Morgan fingerprint density at radius 1 is 1.18 bits per heavy atom. The van der Waals surface area contributed by atoms with Gasteiger partial charge < -0.3 is 4.74 Å². The minimum Gasteiger partial charge on any atom is -0.497 e. The number of rotatable bonds is 4. The van der Waals surface area contributed by atoms with Crippen molar-refractivity contribution in [1.82, 2.24) is 0 Å². The number of benzene rings is 2. The van der Waals surface area contributed by atoms with Crippen LogP contribution in [0.25, 0.3) is 0 Å². The lowest BCUT2D eigenvalue weighted by Gasteiger charge is -2.44. The van der Waals surface area contributed by atoms with Gasteiger partial charge in [0.05, 0.1) is 7.11 Å². The summed E-state index contributed by atoms with van der Waals surface area (Å²) < 4.78 is 5.33. The van der Waals surface area contributed by atoms with Gasteiger partial charge in [-0.05, 0) is 54.0 Å². The van der Waals surface area contributed by atoms with Gasteiger partial charge in [-0.2, -0.15) is 0 Å². The molecule has 2 unspecified atom stereocenters. The largest absolute Gasteiger partial charge is 0.497 e. The highest BCUT2D eigenvalue weighted by Crippen LogP contribution is 2.49. The van der Waals surface area contributed by atoms with Crippen LogP contribution in [0.5, 0.6) is 5.75 Å². The zero-order chi connectivity index (χ0) is 15.6. The lowest BCUT2D eigenvalue weighted by Crippen LogP contribution is -2.39. The van der Waals surface area contributed by atoms with E-state index in [9.17, 15) is 0 Å². The van der Waals surface area contributed by atoms with Crippen LogP contribution in [0.15, 0.2) is 61.2 Å². The van der Waals surface area contributed by atoms with Gasteiger partial charge in [0.1, 0.15) is 5.75 Å². The van der Waals surface area contributed by atoms with Gasteiger partial charge in [0.25, 0.3) is 0 Å². The van der Waals surface area contributed by atoms with Crippen LogP contribution in [0.4, 0.5) is 0 Å². The standard InChI is InChI=1S/C21H24O/c1-4-15-21(18-11-13-19(22-3)14-12-18)16(2)9-10-17-7-5-6-8-20(17)21/h4-8,11-14,16H,1,9-10,15H2,2-3H3. The molecule has 22 heavy (non-hydrogen) atoms. The maximum absolute atomic E-state index is 5.33. The van der Waals surface area contributed by atoms with E-state index < -0.39 is 0 Å². The van der Waals surface area contributed by atoms with E-state index >= 15 is 0 Å². The van der Waals surface area contributed by atoms with Crippen LogP contribution in [-0.4, -0.2) is 7.11 Å². The molecule has 0 spiro atoms. The number of fused-ring (bicyclic) bond motifs is 1. The number of methoxy groups -OCH3 is 1. The molecule has 2 atom stereocenters. The summed E-state index contributed by atoms with van der Waals surface area (Å²) in [5.41, 5.74) is 4.35. The van der Waals surface area contributed by atoms with Crippen LogP contribution in [0.3, 0.4) is 0 Å². The molecule has 0 heterocycles. The second-order valence-corrected chi connectivity index (χ2v) is 6.29. The molecule has 1 nitrogen and oxygen atoms in total. The highest BCUT2D eigenvalue weighted by atomic mass is 16.5. The van der Waals surface area contributed by atoms with E-state index in [1.165, 1.54) is 29.5 Å². The second-order valence-electron chi connectivity index (χ2n) is 6.29. The molecule has 3 rings (SSSR count). The van der Waals surface area contributed by atoms with Crippen LogP contribution in [0.1, 0.15) is 36.5 Å². The van der Waals surface area contributed by atoms with E-state index in [1.54, 1.807) is 7.11 Å². The lowest BCUT2D eigenvalue weighted by atomic mass is 9.59. The van der Waals surface area contributed by atoms with Crippen molar-refractivity contribution in [3.8, 4) is 5.75 Å². The molecule has 0 radical (unpaired) electrons. The lowest BCUT2D eigenvalue weighted by molar-refractivity contribution is 0.304. The molecule has 0 bridgehead atoms. The van der Waals surface area contributed by atoms with Gasteiger partial charge in [0, 0.05) is 5.41 Å². The molecule has 0 fully saturated rings. The molecule has 0 aromatic heterocycles. The van der Waals surface area contributed by atoms with E-state index in [0.717, 1.165) is 12.2 Å². The molecule has 0 amide bonds. The van der Waals surface area contributed by atoms with Gasteiger partial charge in [-0.25, -0.2) is 0 Å². The topological polar surface area (TPSA) is 9.23 Å². The van der Waals surface area contributed by atoms with Gasteiger partial charge >= 0.3 is 0 Å². The van der Waals surface area contributed by atoms with Gasteiger partial charge in [-0.3, -0.25) is 0 Å². The van der Waals surface area contributed by atoms with Crippen LogP contribution < -0.4 is 4.74 Å². The second kappa shape index (κ2) is 6.00.